The maximum atomic E-state index is 13.7. The highest BCUT2D eigenvalue weighted by molar-refractivity contribution is 7.14. The quantitative estimate of drug-likeness (QED) is 0.255. The van der Waals surface area contributed by atoms with Gasteiger partial charge in [-0.2, -0.15) is 0 Å². The Morgan fingerprint density at radius 1 is 1.19 bits per heavy atom. The number of H-pyrrole nitrogens is 1. The van der Waals surface area contributed by atoms with Crippen molar-refractivity contribution in [2.24, 2.45) is 0 Å². The Labute approximate surface area is 210 Å². The van der Waals surface area contributed by atoms with Gasteiger partial charge in [0.15, 0.2) is 5.95 Å². The summed E-state index contributed by atoms with van der Waals surface area (Å²) in [6.45, 7) is 3.94. The Hall–Kier alpha value is -4.12. The number of aliphatic carboxylic acids is 1. The van der Waals surface area contributed by atoms with Crippen molar-refractivity contribution in [3.63, 3.8) is 0 Å². The average Bonchev–Trinajstić information content (AvgIpc) is 3.54. The third-order valence-electron chi connectivity index (χ3n) is 5.61. The highest BCUT2D eigenvalue weighted by Crippen LogP contribution is 2.25. The van der Waals surface area contributed by atoms with Crippen molar-refractivity contribution in [2.75, 3.05) is 5.32 Å². The van der Waals surface area contributed by atoms with Crippen LogP contribution in [0.25, 0.3) is 10.6 Å². The number of hydrogen-bond acceptors (Lipinski definition) is 7. The molecule has 1 unspecified atom stereocenters. The third-order valence-corrected chi connectivity index (χ3v) is 6.58. The second kappa shape index (κ2) is 11.1. The van der Waals surface area contributed by atoms with E-state index in [1.807, 2.05) is 19.1 Å². The fraction of sp³-hybridized carbons (Fsp3) is 0.240. The molecule has 0 saturated heterocycles. The summed E-state index contributed by atoms with van der Waals surface area (Å²) in [6, 6.07) is 8.75. The van der Waals surface area contributed by atoms with Crippen LogP contribution in [0.4, 0.5) is 10.3 Å². The van der Waals surface area contributed by atoms with Gasteiger partial charge < -0.3 is 20.7 Å². The number of halogens is 1. The number of anilines is 1. The maximum absolute atomic E-state index is 13.7. The first-order valence-electron chi connectivity index (χ1n) is 11.3. The molecule has 0 spiro atoms. The van der Waals surface area contributed by atoms with Crippen molar-refractivity contribution in [3.05, 3.63) is 81.9 Å². The minimum Gasteiger partial charge on any atom is -0.480 e. The van der Waals surface area contributed by atoms with Crippen molar-refractivity contribution in [3.8, 4) is 10.6 Å². The van der Waals surface area contributed by atoms with Crippen LogP contribution in [0.15, 0.2) is 48.8 Å². The van der Waals surface area contributed by atoms with E-state index in [2.05, 4.69) is 30.8 Å². The summed E-state index contributed by atoms with van der Waals surface area (Å²) in [4.78, 5) is 31.9. The predicted molar refractivity (Wildman–Crippen MR) is 134 cm³/mol. The molecule has 2 aromatic carbocycles. The normalized spacial score (nSPS) is 11.8. The van der Waals surface area contributed by atoms with E-state index < -0.39 is 23.7 Å². The van der Waals surface area contributed by atoms with Gasteiger partial charge in [-0.05, 0) is 42.2 Å². The maximum Gasteiger partial charge on any atom is 0.326 e. The summed E-state index contributed by atoms with van der Waals surface area (Å²) >= 11 is 1.44. The van der Waals surface area contributed by atoms with E-state index >= 15 is 0 Å². The molecule has 0 bridgehead atoms. The van der Waals surface area contributed by atoms with E-state index in [1.54, 1.807) is 31.5 Å². The molecule has 2 aromatic heterocycles. The molecule has 0 fully saturated rings. The van der Waals surface area contributed by atoms with Crippen LogP contribution in [0.1, 0.15) is 39.0 Å². The average molecular weight is 509 g/mol. The van der Waals surface area contributed by atoms with E-state index in [9.17, 15) is 19.1 Å². The molecule has 2 heterocycles. The van der Waals surface area contributed by atoms with Gasteiger partial charge in [0.2, 0.25) is 0 Å². The number of aryl methyl sites for hydroxylation is 2. The summed E-state index contributed by atoms with van der Waals surface area (Å²) in [7, 11) is 0. The standard InChI is InChI=1S/C25H25FN6O3S/c1-3-16-12-18(26)10-14(2)21(16)22(33)30-19(24(34)35)11-15-4-6-17(7-5-15)23-32-31-20(36-23)13-29-25-27-8-9-28-25/h4-10,12,19H,3,11,13H2,1-2H3,(H,30,33)(H,34,35)(H2,27,28,29). The molecule has 1 atom stereocenters. The number of aromatic nitrogens is 4. The number of carboxylic acids is 1. The number of rotatable bonds is 10. The van der Waals surface area contributed by atoms with Crippen molar-refractivity contribution in [1.29, 1.82) is 0 Å². The van der Waals surface area contributed by atoms with Crippen molar-refractivity contribution in [1.82, 2.24) is 25.5 Å². The van der Waals surface area contributed by atoms with Gasteiger partial charge in [0.1, 0.15) is 21.9 Å². The molecule has 0 saturated carbocycles. The van der Waals surface area contributed by atoms with E-state index in [0.717, 1.165) is 21.1 Å². The minimum atomic E-state index is -1.15. The largest absolute Gasteiger partial charge is 0.480 e. The zero-order chi connectivity index (χ0) is 25.7. The number of carbonyl (C=O) groups is 2. The van der Waals surface area contributed by atoms with E-state index in [1.165, 1.54) is 23.5 Å². The number of amides is 1. The lowest BCUT2D eigenvalue weighted by Gasteiger charge is -2.17. The second-order valence-corrected chi connectivity index (χ2v) is 9.23. The molecule has 36 heavy (non-hydrogen) atoms. The Balaban J connectivity index is 1.42. The zero-order valence-electron chi connectivity index (χ0n) is 19.7. The number of nitrogens with one attached hydrogen (secondary N) is 3. The molecule has 1 amide bonds. The molecular weight excluding hydrogens is 483 g/mol. The first kappa shape index (κ1) is 25.0. The summed E-state index contributed by atoms with van der Waals surface area (Å²) in [6.07, 6.45) is 3.92. The minimum absolute atomic E-state index is 0.0947. The first-order chi connectivity index (χ1) is 17.3. The molecule has 186 valence electrons. The van der Waals surface area contributed by atoms with Gasteiger partial charge in [-0.3, -0.25) is 4.79 Å². The van der Waals surface area contributed by atoms with Crippen LogP contribution in [0.3, 0.4) is 0 Å². The molecular formula is C25H25FN6O3S. The lowest BCUT2D eigenvalue weighted by atomic mass is 9.98. The van der Waals surface area contributed by atoms with Gasteiger partial charge in [0.25, 0.3) is 5.91 Å². The van der Waals surface area contributed by atoms with Gasteiger partial charge in [-0.1, -0.05) is 42.5 Å². The Bertz CT molecular complexity index is 1350. The Morgan fingerprint density at radius 3 is 2.64 bits per heavy atom. The van der Waals surface area contributed by atoms with Crippen LogP contribution in [0.5, 0.6) is 0 Å². The highest BCUT2D eigenvalue weighted by atomic mass is 32.1. The van der Waals surface area contributed by atoms with Crippen LogP contribution in [0.2, 0.25) is 0 Å². The van der Waals surface area contributed by atoms with E-state index in [-0.39, 0.29) is 6.42 Å². The molecule has 4 N–H and O–H groups in total. The number of carboxylic acid groups (broad SMARTS) is 1. The molecule has 11 heteroatoms. The number of benzene rings is 2. The molecule has 4 aromatic rings. The van der Waals surface area contributed by atoms with Crippen LogP contribution in [-0.4, -0.2) is 43.2 Å². The third kappa shape index (κ3) is 5.92. The van der Waals surface area contributed by atoms with Crippen LogP contribution >= 0.6 is 11.3 Å². The Morgan fingerprint density at radius 2 is 1.97 bits per heavy atom. The van der Waals surface area contributed by atoms with E-state index in [0.29, 0.717) is 35.6 Å². The monoisotopic (exact) mass is 508 g/mol. The van der Waals surface area contributed by atoms with Gasteiger partial charge in [0, 0.05) is 29.9 Å². The number of aromatic amines is 1. The van der Waals surface area contributed by atoms with Gasteiger partial charge in [0.05, 0.1) is 6.54 Å². The topological polar surface area (TPSA) is 133 Å². The van der Waals surface area contributed by atoms with Crippen LogP contribution < -0.4 is 10.6 Å². The fourth-order valence-corrected chi connectivity index (χ4v) is 4.61. The second-order valence-electron chi connectivity index (χ2n) is 8.17. The molecule has 0 aliphatic heterocycles. The first-order valence-corrected chi connectivity index (χ1v) is 12.1. The number of carbonyl (C=O) groups excluding carboxylic acids is 1. The van der Waals surface area contributed by atoms with Crippen molar-refractivity contribution < 1.29 is 19.1 Å². The van der Waals surface area contributed by atoms with Crippen LogP contribution in [-0.2, 0) is 24.2 Å². The fourth-order valence-electron chi connectivity index (χ4n) is 3.83. The summed E-state index contributed by atoms with van der Waals surface area (Å²) in [5.74, 6) is -1.45. The van der Waals surface area contributed by atoms with Crippen LogP contribution in [0, 0.1) is 12.7 Å². The van der Waals surface area contributed by atoms with Crippen molar-refractivity contribution >= 4 is 29.2 Å². The van der Waals surface area contributed by atoms with Gasteiger partial charge in [-0.25, -0.2) is 14.2 Å². The summed E-state index contributed by atoms with van der Waals surface area (Å²) < 4.78 is 13.7. The summed E-state index contributed by atoms with van der Waals surface area (Å²) in [5.41, 5.74) is 2.91. The van der Waals surface area contributed by atoms with Crippen molar-refractivity contribution in [2.45, 2.75) is 39.3 Å². The number of nitrogens with zero attached hydrogens (tertiary/aromatic N) is 3. The molecule has 9 nitrogen and oxygen atoms in total. The number of imidazole rings is 1. The predicted octanol–water partition coefficient (Wildman–Crippen LogP) is 3.98. The van der Waals surface area contributed by atoms with E-state index in [4.69, 9.17) is 0 Å². The summed E-state index contributed by atoms with van der Waals surface area (Å²) in [5, 5.41) is 25.4. The SMILES string of the molecule is CCc1cc(F)cc(C)c1C(=O)NC(Cc1ccc(-c2nnc(CNc3ncc[nH]3)s2)cc1)C(=O)O. The molecule has 0 aliphatic rings. The molecule has 0 aliphatic carbocycles. The lowest BCUT2D eigenvalue weighted by molar-refractivity contribution is -0.139. The smallest absolute Gasteiger partial charge is 0.326 e. The zero-order valence-corrected chi connectivity index (χ0v) is 20.5. The Kier molecular flexibility index (Phi) is 7.69. The van der Waals surface area contributed by atoms with Gasteiger partial charge in [-0.15, -0.1) is 10.2 Å². The van der Waals surface area contributed by atoms with Gasteiger partial charge >= 0.3 is 5.97 Å². The molecule has 0 radical (unpaired) electrons. The molecule has 4 rings (SSSR count). The highest BCUT2D eigenvalue weighted by Gasteiger charge is 2.24. The number of hydrogen-bond donors (Lipinski definition) is 4. The lowest BCUT2D eigenvalue weighted by Crippen LogP contribution is -2.42.